The predicted octanol–water partition coefficient (Wildman–Crippen LogP) is 2.86. The molecule has 0 aromatic heterocycles. The van der Waals surface area contributed by atoms with Gasteiger partial charge in [0.1, 0.15) is 5.75 Å². The van der Waals surface area contributed by atoms with E-state index in [4.69, 9.17) is 9.47 Å². The molecule has 1 saturated carbocycles. The molecule has 4 nitrogen and oxygen atoms in total. The molecule has 4 heteroatoms. The number of benzene rings is 1. The van der Waals surface area contributed by atoms with Gasteiger partial charge in [0.15, 0.2) is 0 Å². The van der Waals surface area contributed by atoms with Gasteiger partial charge in [-0.2, -0.15) is 0 Å². The van der Waals surface area contributed by atoms with E-state index in [1.807, 2.05) is 29.2 Å². The Morgan fingerprint density at radius 3 is 2.52 bits per heavy atom. The summed E-state index contributed by atoms with van der Waals surface area (Å²) < 4.78 is 10.6. The summed E-state index contributed by atoms with van der Waals surface area (Å²) in [6, 6.07) is 8.05. The molecule has 21 heavy (non-hydrogen) atoms. The lowest BCUT2D eigenvalue weighted by atomic mass is 10.0. The Balaban J connectivity index is 1.84. The van der Waals surface area contributed by atoms with Crippen LogP contribution in [0.25, 0.3) is 0 Å². The average Bonchev–Trinajstić information content (AvgIpc) is 3.22. The Morgan fingerprint density at radius 2 is 2.00 bits per heavy atom. The molecule has 2 unspecified atom stereocenters. The van der Waals surface area contributed by atoms with Gasteiger partial charge in [-0.1, -0.05) is 0 Å². The summed E-state index contributed by atoms with van der Waals surface area (Å²) in [6.07, 6.45) is 3.29. The number of hydrogen-bond donors (Lipinski definition) is 0. The van der Waals surface area contributed by atoms with Gasteiger partial charge in [-0.3, -0.25) is 4.79 Å². The number of rotatable bonds is 5. The van der Waals surface area contributed by atoms with E-state index in [0.717, 1.165) is 17.9 Å². The van der Waals surface area contributed by atoms with Crippen LogP contribution in [-0.2, 0) is 9.53 Å². The smallest absolute Gasteiger partial charge is 0.232 e. The van der Waals surface area contributed by atoms with Crippen LogP contribution in [-0.4, -0.2) is 32.3 Å². The van der Waals surface area contributed by atoms with Crippen LogP contribution in [0.15, 0.2) is 24.3 Å². The van der Waals surface area contributed by atoms with Gasteiger partial charge in [0.25, 0.3) is 0 Å². The minimum absolute atomic E-state index is 0.00769. The van der Waals surface area contributed by atoms with Crippen LogP contribution in [0, 0.1) is 11.8 Å². The lowest BCUT2D eigenvalue weighted by Gasteiger charge is -2.31. The van der Waals surface area contributed by atoms with Crippen molar-refractivity contribution in [3.63, 3.8) is 0 Å². The fourth-order valence-electron chi connectivity index (χ4n) is 3.02. The first-order chi connectivity index (χ1) is 10.2. The summed E-state index contributed by atoms with van der Waals surface area (Å²) in [5, 5.41) is 0. The number of nitrogens with zero attached hydrogens (tertiary/aromatic N) is 1. The van der Waals surface area contributed by atoms with Gasteiger partial charge in [-0.05, 0) is 56.4 Å². The zero-order valence-corrected chi connectivity index (χ0v) is 12.7. The maximum atomic E-state index is 12.9. The highest BCUT2D eigenvalue weighted by atomic mass is 16.5. The molecule has 2 aliphatic rings. The number of ether oxygens (including phenoxy) is 2. The second-order valence-electron chi connectivity index (χ2n) is 6.04. The lowest BCUT2D eigenvalue weighted by Crippen LogP contribution is -2.43. The summed E-state index contributed by atoms with van der Waals surface area (Å²) in [5.74, 6) is 1.66. The number of anilines is 1. The van der Waals surface area contributed by atoms with E-state index >= 15 is 0 Å². The van der Waals surface area contributed by atoms with Crippen molar-refractivity contribution >= 4 is 11.6 Å². The number of amides is 1. The van der Waals surface area contributed by atoms with Crippen LogP contribution in [0.4, 0.5) is 5.69 Å². The fourth-order valence-corrected chi connectivity index (χ4v) is 3.02. The predicted molar refractivity (Wildman–Crippen MR) is 81.6 cm³/mol. The van der Waals surface area contributed by atoms with E-state index in [9.17, 15) is 4.79 Å². The second-order valence-corrected chi connectivity index (χ2v) is 6.04. The van der Waals surface area contributed by atoms with E-state index in [2.05, 4.69) is 6.92 Å². The Labute approximate surface area is 126 Å². The molecule has 1 amide bonds. The number of carbonyl (C=O) groups is 1. The van der Waals surface area contributed by atoms with Crippen molar-refractivity contribution in [1.82, 2.24) is 0 Å². The van der Waals surface area contributed by atoms with Crippen LogP contribution >= 0.6 is 0 Å². The third-order valence-electron chi connectivity index (χ3n) is 4.58. The van der Waals surface area contributed by atoms with Crippen molar-refractivity contribution in [2.45, 2.75) is 32.2 Å². The van der Waals surface area contributed by atoms with E-state index in [0.29, 0.717) is 19.1 Å². The maximum absolute atomic E-state index is 12.9. The lowest BCUT2D eigenvalue weighted by molar-refractivity contribution is -0.122. The van der Waals surface area contributed by atoms with Crippen LogP contribution in [0.5, 0.6) is 5.75 Å². The second kappa shape index (κ2) is 6.06. The van der Waals surface area contributed by atoms with Crippen molar-refractivity contribution in [2.24, 2.45) is 11.8 Å². The van der Waals surface area contributed by atoms with Crippen LogP contribution in [0.2, 0.25) is 0 Å². The molecule has 1 aliphatic carbocycles. The summed E-state index contributed by atoms with van der Waals surface area (Å²) in [7, 11) is 1.65. The quantitative estimate of drug-likeness (QED) is 0.836. The van der Waals surface area contributed by atoms with E-state index < -0.39 is 0 Å². The number of carbonyl (C=O) groups excluding carboxylic acids is 1. The van der Waals surface area contributed by atoms with Gasteiger partial charge in [0, 0.05) is 18.3 Å². The molecule has 0 bridgehead atoms. The highest BCUT2D eigenvalue weighted by Crippen LogP contribution is 2.38. The molecule has 2 atom stereocenters. The van der Waals surface area contributed by atoms with Gasteiger partial charge >= 0.3 is 0 Å². The normalized spacial score (nSPS) is 22.9. The van der Waals surface area contributed by atoms with Gasteiger partial charge < -0.3 is 14.4 Å². The van der Waals surface area contributed by atoms with Crippen LogP contribution in [0.1, 0.15) is 26.2 Å². The van der Waals surface area contributed by atoms with E-state index in [1.54, 1.807) is 7.11 Å². The summed E-state index contributed by atoms with van der Waals surface area (Å²) >= 11 is 0. The average molecular weight is 289 g/mol. The van der Waals surface area contributed by atoms with E-state index in [-0.39, 0.29) is 17.9 Å². The molecule has 114 valence electrons. The first-order valence-electron chi connectivity index (χ1n) is 7.75. The highest BCUT2D eigenvalue weighted by Gasteiger charge is 2.38. The van der Waals surface area contributed by atoms with Crippen molar-refractivity contribution in [3.8, 4) is 5.75 Å². The van der Waals surface area contributed by atoms with Crippen LogP contribution < -0.4 is 9.64 Å². The monoisotopic (exact) mass is 289 g/mol. The minimum Gasteiger partial charge on any atom is -0.497 e. The van der Waals surface area contributed by atoms with Crippen molar-refractivity contribution < 1.29 is 14.3 Å². The van der Waals surface area contributed by atoms with Gasteiger partial charge in [-0.15, -0.1) is 0 Å². The minimum atomic E-state index is 0.00769. The third kappa shape index (κ3) is 3.05. The molecule has 1 heterocycles. The molecule has 3 rings (SSSR count). The maximum Gasteiger partial charge on any atom is 0.232 e. The van der Waals surface area contributed by atoms with Crippen molar-refractivity contribution in [3.05, 3.63) is 24.3 Å². The molecule has 1 aliphatic heterocycles. The standard InChI is InChI=1S/C17H23NO3/c1-12(13-3-4-13)18(17(19)14-9-10-21-11-14)15-5-7-16(20-2)8-6-15/h5-8,12-14H,3-4,9-11H2,1-2H3. The highest BCUT2D eigenvalue weighted by molar-refractivity contribution is 5.96. The Bertz CT molecular complexity index is 489. The largest absolute Gasteiger partial charge is 0.497 e. The van der Waals surface area contributed by atoms with Crippen LogP contribution in [0.3, 0.4) is 0 Å². The molecular formula is C17H23NO3. The zero-order chi connectivity index (χ0) is 14.8. The van der Waals surface area contributed by atoms with Gasteiger partial charge in [-0.25, -0.2) is 0 Å². The number of methoxy groups -OCH3 is 1. The molecule has 0 radical (unpaired) electrons. The number of hydrogen-bond acceptors (Lipinski definition) is 3. The molecule has 0 spiro atoms. The van der Waals surface area contributed by atoms with Gasteiger partial charge in [0.2, 0.25) is 5.91 Å². The van der Waals surface area contributed by atoms with Crippen molar-refractivity contribution in [2.75, 3.05) is 25.2 Å². The SMILES string of the molecule is COc1ccc(N(C(=O)C2CCOC2)C(C)C2CC2)cc1. The molecule has 1 aromatic carbocycles. The van der Waals surface area contributed by atoms with Gasteiger partial charge in [0.05, 0.1) is 19.6 Å². The third-order valence-corrected chi connectivity index (χ3v) is 4.58. The summed E-state index contributed by atoms with van der Waals surface area (Å²) in [4.78, 5) is 14.9. The summed E-state index contributed by atoms with van der Waals surface area (Å²) in [6.45, 7) is 3.42. The topological polar surface area (TPSA) is 38.8 Å². The Morgan fingerprint density at radius 1 is 1.29 bits per heavy atom. The zero-order valence-electron chi connectivity index (χ0n) is 12.7. The Kier molecular flexibility index (Phi) is 4.15. The molecule has 1 saturated heterocycles. The first kappa shape index (κ1) is 14.4. The fraction of sp³-hybridized carbons (Fsp3) is 0.588. The Hall–Kier alpha value is -1.55. The first-order valence-corrected chi connectivity index (χ1v) is 7.75. The van der Waals surface area contributed by atoms with Crippen molar-refractivity contribution in [1.29, 1.82) is 0 Å². The molecule has 0 N–H and O–H groups in total. The molecule has 2 fully saturated rings. The molecular weight excluding hydrogens is 266 g/mol. The summed E-state index contributed by atoms with van der Waals surface area (Å²) in [5.41, 5.74) is 0.965. The van der Waals surface area contributed by atoms with E-state index in [1.165, 1.54) is 12.8 Å². The molecule has 1 aromatic rings.